The van der Waals surface area contributed by atoms with Gasteiger partial charge in [-0.2, -0.15) is 0 Å². The van der Waals surface area contributed by atoms with E-state index in [0.29, 0.717) is 24.9 Å². The zero-order valence-electron chi connectivity index (χ0n) is 13.7. The first-order valence-electron chi connectivity index (χ1n) is 7.12. The van der Waals surface area contributed by atoms with E-state index in [4.69, 9.17) is 4.42 Å². The molecule has 0 unspecified atom stereocenters. The molecule has 8 heteroatoms. The van der Waals surface area contributed by atoms with Crippen LogP contribution in [0.1, 0.15) is 38.2 Å². The number of rotatable bonds is 4. The van der Waals surface area contributed by atoms with Gasteiger partial charge in [0, 0.05) is 19.5 Å². The molecule has 0 atom stereocenters. The molecule has 0 amide bonds. The lowest BCUT2D eigenvalue weighted by molar-refractivity contribution is 0.379. The van der Waals surface area contributed by atoms with Gasteiger partial charge in [0.05, 0.1) is 19.3 Å². The lowest BCUT2D eigenvalue weighted by Gasteiger charge is -2.13. The van der Waals surface area contributed by atoms with Crippen LogP contribution < -0.4 is 10.6 Å². The van der Waals surface area contributed by atoms with E-state index in [0.717, 1.165) is 11.6 Å². The van der Waals surface area contributed by atoms with Crippen LogP contribution in [0.2, 0.25) is 0 Å². The van der Waals surface area contributed by atoms with E-state index in [9.17, 15) is 0 Å². The number of aromatic nitrogens is 4. The number of hydrogen-bond acceptors (Lipinski definition) is 5. The van der Waals surface area contributed by atoms with Crippen LogP contribution in [0.25, 0.3) is 0 Å². The van der Waals surface area contributed by atoms with Gasteiger partial charge in [0.2, 0.25) is 5.89 Å². The fourth-order valence-corrected chi connectivity index (χ4v) is 1.75. The summed E-state index contributed by atoms with van der Waals surface area (Å²) >= 11 is 0. The Hall–Kier alpha value is -2.38. The number of oxazole rings is 1. The van der Waals surface area contributed by atoms with Crippen LogP contribution >= 0.6 is 0 Å². The van der Waals surface area contributed by atoms with Crippen LogP contribution in [0.4, 0.5) is 0 Å². The fourth-order valence-electron chi connectivity index (χ4n) is 1.75. The lowest BCUT2D eigenvalue weighted by Crippen LogP contribution is -2.37. The van der Waals surface area contributed by atoms with Crippen molar-refractivity contribution in [2.75, 3.05) is 7.05 Å². The highest BCUT2D eigenvalue weighted by Gasteiger charge is 2.19. The third kappa shape index (κ3) is 4.06. The molecule has 0 saturated carbocycles. The zero-order chi connectivity index (χ0) is 16.2. The highest BCUT2D eigenvalue weighted by molar-refractivity contribution is 5.79. The van der Waals surface area contributed by atoms with Crippen LogP contribution in [0, 0.1) is 0 Å². The molecule has 0 aliphatic rings. The van der Waals surface area contributed by atoms with Crippen LogP contribution in [0.5, 0.6) is 0 Å². The third-order valence-electron chi connectivity index (χ3n) is 3.14. The van der Waals surface area contributed by atoms with Gasteiger partial charge in [-0.15, -0.1) is 10.2 Å². The number of aliphatic imine (C=N–C) groups is 1. The van der Waals surface area contributed by atoms with Crippen molar-refractivity contribution < 1.29 is 4.42 Å². The first kappa shape index (κ1) is 16.0. The predicted octanol–water partition coefficient (Wildman–Crippen LogP) is 0.966. The summed E-state index contributed by atoms with van der Waals surface area (Å²) in [6, 6.07) is 0. The molecule has 0 spiro atoms. The second kappa shape index (κ2) is 6.59. The number of nitrogens with one attached hydrogen (secondary N) is 2. The molecule has 2 N–H and O–H groups in total. The molecule has 2 heterocycles. The molecule has 0 aromatic carbocycles. The highest BCUT2D eigenvalue weighted by Crippen LogP contribution is 2.22. The van der Waals surface area contributed by atoms with Crippen molar-refractivity contribution in [3.63, 3.8) is 0 Å². The first-order valence-corrected chi connectivity index (χ1v) is 7.12. The first-order chi connectivity index (χ1) is 10.4. The topological polar surface area (TPSA) is 93.2 Å². The van der Waals surface area contributed by atoms with Crippen molar-refractivity contribution in [3.8, 4) is 0 Å². The Morgan fingerprint density at radius 2 is 2.05 bits per heavy atom. The van der Waals surface area contributed by atoms with Gasteiger partial charge in [-0.1, -0.05) is 20.8 Å². The minimum atomic E-state index is -0.0453. The van der Waals surface area contributed by atoms with E-state index in [-0.39, 0.29) is 5.41 Å². The van der Waals surface area contributed by atoms with Crippen LogP contribution in [0.15, 0.2) is 21.9 Å². The van der Waals surface area contributed by atoms with Gasteiger partial charge < -0.3 is 19.6 Å². The summed E-state index contributed by atoms with van der Waals surface area (Å²) in [5.74, 6) is 2.98. The van der Waals surface area contributed by atoms with E-state index in [1.54, 1.807) is 19.6 Å². The van der Waals surface area contributed by atoms with Gasteiger partial charge in [0.25, 0.3) is 0 Å². The Balaban J connectivity index is 1.86. The summed E-state index contributed by atoms with van der Waals surface area (Å²) in [6.07, 6.45) is 3.43. The lowest BCUT2D eigenvalue weighted by atomic mass is 9.94. The largest absolute Gasteiger partial charge is 0.443 e. The molecule has 0 aliphatic heterocycles. The highest BCUT2D eigenvalue weighted by atomic mass is 16.4. The number of nitrogens with zero attached hydrogens (tertiary/aromatic N) is 5. The molecular weight excluding hydrogens is 282 g/mol. The van der Waals surface area contributed by atoms with Gasteiger partial charge in [-0.25, -0.2) is 4.98 Å². The monoisotopic (exact) mass is 305 g/mol. The Kier molecular flexibility index (Phi) is 4.79. The second-order valence-electron chi connectivity index (χ2n) is 6.01. The Morgan fingerprint density at radius 1 is 1.32 bits per heavy atom. The van der Waals surface area contributed by atoms with E-state index < -0.39 is 0 Å². The van der Waals surface area contributed by atoms with E-state index in [1.807, 2.05) is 11.6 Å². The minimum Gasteiger partial charge on any atom is -0.443 e. The average molecular weight is 305 g/mol. The fraction of sp³-hybridized carbons (Fsp3) is 0.571. The molecule has 0 radical (unpaired) electrons. The molecule has 2 rings (SSSR count). The SMILES string of the molecule is CN=C(NCc1ncc(C(C)(C)C)o1)NCc1nncn1C. The zero-order valence-corrected chi connectivity index (χ0v) is 13.7. The van der Waals surface area contributed by atoms with Crippen LogP contribution in [-0.4, -0.2) is 32.8 Å². The quantitative estimate of drug-likeness (QED) is 0.646. The van der Waals surface area contributed by atoms with Gasteiger partial charge in [-0.05, 0) is 0 Å². The summed E-state index contributed by atoms with van der Waals surface area (Å²) in [6.45, 7) is 7.27. The van der Waals surface area contributed by atoms with Gasteiger partial charge >= 0.3 is 0 Å². The van der Waals surface area contributed by atoms with Crippen molar-refractivity contribution in [1.82, 2.24) is 30.4 Å². The van der Waals surface area contributed by atoms with E-state index >= 15 is 0 Å². The van der Waals surface area contributed by atoms with E-state index in [1.165, 1.54) is 0 Å². The van der Waals surface area contributed by atoms with Crippen molar-refractivity contribution in [2.45, 2.75) is 39.3 Å². The summed E-state index contributed by atoms with van der Waals surface area (Å²) < 4.78 is 7.58. The second-order valence-corrected chi connectivity index (χ2v) is 6.01. The number of aryl methyl sites for hydroxylation is 1. The molecule has 2 aromatic rings. The smallest absolute Gasteiger partial charge is 0.213 e. The summed E-state index contributed by atoms with van der Waals surface area (Å²) in [5.41, 5.74) is -0.0453. The molecular formula is C14H23N7O. The van der Waals surface area contributed by atoms with Crippen molar-refractivity contribution in [3.05, 3.63) is 30.0 Å². The molecule has 0 bridgehead atoms. The molecule has 120 valence electrons. The summed E-state index contributed by atoms with van der Waals surface area (Å²) in [4.78, 5) is 8.43. The molecule has 0 fully saturated rings. The minimum absolute atomic E-state index is 0.0453. The summed E-state index contributed by atoms with van der Waals surface area (Å²) in [7, 11) is 3.61. The Bertz CT molecular complexity index is 636. The van der Waals surface area contributed by atoms with E-state index in [2.05, 4.69) is 51.6 Å². The maximum Gasteiger partial charge on any atom is 0.213 e. The van der Waals surface area contributed by atoms with Crippen LogP contribution in [-0.2, 0) is 25.6 Å². The summed E-state index contributed by atoms with van der Waals surface area (Å²) in [5, 5.41) is 14.2. The maximum absolute atomic E-state index is 5.73. The Labute approximate surface area is 130 Å². The molecule has 22 heavy (non-hydrogen) atoms. The molecule has 8 nitrogen and oxygen atoms in total. The standard InChI is InChI=1S/C14H23N7O/c1-14(2,3)10-6-16-12(22-10)8-18-13(15-4)17-7-11-20-19-9-21(11)5/h6,9H,7-8H2,1-5H3,(H2,15,17,18). The number of hydrogen-bond donors (Lipinski definition) is 2. The predicted molar refractivity (Wildman–Crippen MR) is 83.2 cm³/mol. The Morgan fingerprint density at radius 3 is 2.59 bits per heavy atom. The van der Waals surface area contributed by atoms with Gasteiger partial charge in [0.1, 0.15) is 12.1 Å². The van der Waals surface area contributed by atoms with Crippen molar-refractivity contribution in [2.24, 2.45) is 12.0 Å². The number of guanidine groups is 1. The third-order valence-corrected chi connectivity index (χ3v) is 3.14. The molecule has 0 aliphatic carbocycles. The van der Waals surface area contributed by atoms with Gasteiger partial charge in [-0.3, -0.25) is 4.99 Å². The van der Waals surface area contributed by atoms with Crippen molar-refractivity contribution >= 4 is 5.96 Å². The maximum atomic E-state index is 5.73. The average Bonchev–Trinajstić information content (AvgIpc) is 3.08. The molecule has 0 saturated heterocycles. The van der Waals surface area contributed by atoms with Gasteiger partial charge in [0.15, 0.2) is 11.8 Å². The molecule has 2 aromatic heterocycles. The van der Waals surface area contributed by atoms with Crippen molar-refractivity contribution in [1.29, 1.82) is 0 Å². The van der Waals surface area contributed by atoms with Crippen LogP contribution in [0.3, 0.4) is 0 Å². The normalized spacial score (nSPS) is 12.5.